The van der Waals surface area contributed by atoms with Crippen LogP contribution in [0.4, 0.5) is 5.69 Å². The average molecular weight is 242 g/mol. The van der Waals surface area contributed by atoms with Crippen LogP contribution >= 0.6 is 0 Å². The Morgan fingerprint density at radius 2 is 2.28 bits per heavy atom. The van der Waals surface area contributed by atoms with E-state index < -0.39 is 0 Å². The highest BCUT2D eigenvalue weighted by Gasteiger charge is 2.21. The molecule has 0 bridgehead atoms. The van der Waals surface area contributed by atoms with Crippen molar-refractivity contribution >= 4 is 16.5 Å². The van der Waals surface area contributed by atoms with Crippen LogP contribution in [0.1, 0.15) is 19.8 Å². The number of hydrogen-bond acceptors (Lipinski definition) is 3. The lowest BCUT2D eigenvalue weighted by Gasteiger charge is -2.14. The number of pyridine rings is 1. The molecular weight excluding hydrogens is 224 g/mol. The third-order valence-corrected chi connectivity index (χ3v) is 3.52. The third kappa shape index (κ3) is 2.31. The normalized spacial score (nSPS) is 23.4. The Labute approximate surface area is 107 Å². The zero-order valence-electron chi connectivity index (χ0n) is 10.6. The van der Waals surface area contributed by atoms with Gasteiger partial charge in [0.2, 0.25) is 0 Å². The molecule has 0 spiro atoms. The maximum absolute atomic E-state index is 5.82. The fraction of sp³-hybridized carbons (Fsp3) is 0.400. The van der Waals surface area contributed by atoms with Crippen LogP contribution < -0.4 is 5.32 Å². The van der Waals surface area contributed by atoms with Crippen LogP contribution in [0.15, 0.2) is 36.7 Å². The van der Waals surface area contributed by atoms with E-state index >= 15 is 0 Å². The van der Waals surface area contributed by atoms with Crippen molar-refractivity contribution in [1.82, 2.24) is 4.98 Å². The van der Waals surface area contributed by atoms with Crippen LogP contribution in [0, 0.1) is 0 Å². The number of nitrogens with zero attached hydrogens (tertiary/aromatic N) is 1. The number of nitrogens with one attached hydrogen (secondary N) is 1. The molecule has 1 saturated heterocycles. The largest absolute Gasteiger partial charge is 0.382 e. The van der Waals surface area contributed by atoms with Gasteiger partial charge in [-0.1, -0.05) is 12.1 Å². The van der Waals surface area contributed by atoms with Gasteiger partial charge in [-0.3, -0.25) is 4.98 Å². The number of aromatic nitrogens is 1. The molecule has 94 valence electrons. The first kappa shape index (κ1) is 11.5. The van der Waals surface area contributed by atoms with Gasteiger partial charge in [0.1, 0.15) is 0 Å². The Kier molecular flexibility index (Phi) is 3.15. The topological polar surface area (TPSA) is 34.2 Å². The van der Waals surface area contributed by atoms with Gasteiger partial charge in [-0.15, -0.1) is 0 Å². The van der Waals surface area contributed by atoms with Gasteiger partial charge in [-0.25, -0.2) is 0 Å². The van der Waals surface area contributed by atoms with Crippen LogP contribution in [0.25, 0.3) is 10.8 Å². The van der Waals surface area contributed by atoms with Crippen molar-refractivity contribution in [2.75, 3.05) is 11.9 Å². The van der Waals surface area contributed by atoms with Gasteiger partial charge < -0.3 is 10.1 Å². The molecule has 0 aliphatic carbocycles. The molecule has 1 fully saturated rings. The summed E-state index contributed by atoms with van der Waals surface area (Å²) in [7, 11) is 0. The Morgan fingerprint density at radius 3 is 3.11 bits per heavy atom. The molecule has 2 atom stereocenters. The molecule has 1 aliphatic rings. The van der Waals surface area contributed by atoms with Gasteiger partial charge in [0.15, 0.2) is 0 Å². The lowest BCUT2D eigenvalue weighted by Crippen LogP contribution is -2.19. The van der Waals surface area contributed by atoms with E-state index in [-0.39, 0.29) is 0 Å². The molecule has 1 aromatic carbocycles. The molecule has 1 N–H and O–H groups in total. The molecule has 2 aromatic rings. The quantitative estimate of drug-likeness (QED) is 0.897. The predicted molar refractivity (Wildman–Crippen MR) is 73.8 cm³/mol. The summed E-state index contributed by atoms with van der Waals surface area (Å²) >= 11 is 0. The van der Waals surface area contributed by atoms with Crippen molar-refractivity contribution in [2.45, 2.75) is 32.0 Å². The fourth-order valence-corrected chi connectivity index (χ4v) is 2.53. The molecule has 18 heavy (non-hydrogen) atoms. The summed E-state index contributed by atoms with van der Waals surface area (Å²) < 4.78 is 5.82. The van der Waals surface area contributed by atoms with Crippen molar-refractivity contribution in [3.63, 3.8) is 0 Å². The van der Waals surface area contributed by atoms with E-state index in [9.17, 15) is 0 Å². The molecule has 0 radical (unpaired) electrons. The smallest absolute Gasteiger partial charge is 0.0751 e. The number of benzene rings is 1. The fourth-order valence-electron chi connectivity index (χ4n) is 2.53. The zero-order chi connectivity index (χ0) is 12.4. The van der Waals surface area contributed by atoms with Crippen LogP contribution in [0.2, 0.25) is 0 Å². The monoisotopic (exact) mass is 242 g/mol. The summed E-state index contributed by atoms with van der Waals surface area (Å²) in [5.74, 6) is 0. The van der Waals surface area contributed by atoms with E-state index in [1.807, 2.05) is 18.5 Å². The Bertz CT molecular complexity index is 536. The van der Waals surface area contributed by atoms with Crippen molar-refractivity contribution in [3.05, 3.63) is 36.7 Å². The minimum atomic E-state index is 0.340. The zero-order valence-corrected chi connectivity index (χ0v) is 10.6. The second-order valence-corrected chi connectivity index (χ2v) is 4.93. The van der Waals surface area contributed by atoms with Gasteiger partial charge in [-0.2, -0.15) is 0 Å². The summed E-state index contributed by atoms with van der Waals surface area (Å²) in [6.45, 7) is 3.01. The van der Waals surface area contributed by atoms with E-state index in [0.717, 1.165) is 18.7 Å². The number of fused-ring (bicyclic) bond motifs is 1. The third-order valence-electron chi connectivity index (χ3n) is 3.52. The molecular formula is C15H18N2O. The van der Waals surface area contributed by atoms with E-state index in [1.54, 1.807) is 0 Å². The molecule has 1 aromatic heterocycles. The first-order valence-corrected chi connectivity index (χ1v) is 6.55. The molecule has 1 aliphatic heterocycles. The SMILES string of the molecule is CC1CCC(CNc2cccc3ccncc23)O1. The van der Waals surface area contributed by atoms with Crippen molar-refractivity contribution < 1.29 is 4.74 Å². The van der Waals surface area contributed by atoms with E-state index in [2.05, 4.69) is 35.4 Å². The summed E-state index contributed by atoms with van der Waals surface area (Å²) in [5.41, 5.74) is 1.14. The summed E-state index contributed by atoms with van der Waals surface area (Å²) in [5, 5.41) is 5.88. The van der Waals surface area contributed by atoms with E-state index in [1.165, 1.54) is 17.2 Å². The highest BCUT2D eigenvalue weighted by Crippen LogP contribution is 2.24. The van der Waals surface area contributed by atoms with Gasteiger partial charge in [-0.05, 0) is 37.3 Å². The molecule has 3 heteroatoms. The highest BCUT2D eigenvalue weighted by molar-refractivity contribution is 5.93. The van der Waals surface area contributed by atoms with Gasteiger partial charge in [0, 0.05) is 30.0 Å². The van der Waals surface area contributed by atoms with Crippen molar-refractivity contribution in [3.8, 4) is 0 Å². The average Bonchev–Trinajstić information content (AvgIpc) is 2.82. The molecule has 3 rings (SSSR count). The molecule has 0 saturated carbocycles. The highest BCUT2D eigenvalue weighted by atomic mass is 16.5. The number of ether oxygens (including phenoxy) is 1. The van der Waals surface area contributed by atoms with Crippen LogP contribution in [-0.4, -0.2) is 23.7 Å². The minimum absolute atomic E-state index is 0.340. The maximum Gasteiger partial charge on any atom is 0.0751 e. The number of hydrogen-bond donors (Lipinski definition) is 1. The van der Waals surface area contributed by atoms with Gasteiger partial charge in [0.05, 0.1) is 12.2 Å². The van der Waals surface area contributed by atoms with Gasteiger partial charge in [0.25, 0.3) is 0 Å². The lowest BCUT2D eigenvalue weighted by atomic mass is 10.1. The van der Waals surface area contributed by atoms with Gasteiger partial charge >= 0.3 is 0 Å². The second-order valence-electron chi connectivity index (χ2n) is 4.93. The molecule has 3 nitrogen and oxygen atoms in total. The molecule has 2 heterocycles. The van der Waals surface area contributed by atoms with Crippen LogP contribution in [0.5, 0.6) is 0 Å². The summed E-state index contributed by atoms with van der Waals surface area (Å²) in [6.07, 6.45) is 6.81. The Balaban J connectivity index is 1.74. The predicted octanol–water partition coefficient (Wildman–Crippen LogP) is 3.21. The van der Waals surface area contributed by atoms with E-state index in [0.29, 0.717) is 12.2 Å². The Hall–Kier alpha value is -1.61. The van der Waals surface area contributed by atoms with E-state index in [4.69, 9.17) is 4.74 Å². The van der Waals surface area contributed by atoms with Crippen molar-refractivity contribution in [2.24, 2.45) is 0 Å². The number of anilines is 1. The summed E-state index contributed by atoms with van der Waals surface area (Å²) in [6, 6.07) is 8.32. The molecule has 2 unspecified atom stereocenters. The first-order valence-electron chi connectivity index (χ1n) is 6.55. The standard InChI is InChI=1S/C15H18N2O/c1-11-5-6-13(18-11)9-17-15-4-2-3-12-7-8-16-10-14(12)15/h2-4,7-8,10-11,13,17H,5-6,9H2,1H3. The minimum Gasteiger partial charge on any atom is -0.382 e. The van der Waals surface area contributed by atoms with Crippen molar-refractivity contribution in [1.29, 1.82) is 0 Å². The number of rotatable bonds is 3. The summed E-state index contributed by atoms with van der Waals surface area (Å²) in [4.78, 5) is 4.19. The second kappa shape index (κ2) is 4.94. The Morgan fingerprint density at radius 1 is 1.33 bits per heavy atom. The molecule has 0 amide bonds. The van der Waals surface area contributed by atoms with Crippen LogP contribution in [-0.2, 0) is 4.74 Å². The first-order chi connectivity index (χ1) is 8.83. The van der Waals surface area contributed by atoms with Crippen LogP contribution in [0.3, 0.4) is 0 Å². The maximum atomic E-state index is 5.82. The lowest BCUT2D eigenvalue weighted by molar-refractivity contribution is 0.0637.